The number of halogens is 3. The summed E-state index contributed by atoms with van der Waals surface area (Å²) < 4.78 is 44.5. The van der Waals surface area contributed by atoms with Crippen molar-refractivity contribution in [3.63, 3.8) is 0 Å². The summed E-state index contributed by atoms with van der Waals surface area (Å²) in [5, 5.41) is 2.61. The van der Waals surface area contributed by atoms with Gasteiger partial charge in [0.05, 0.1) is 47.1 Å². The smallest absolute Gasteiger partial charge is 0.263 e. The maximum Gasteiger partial charge on any atom is 0.263 e. The lowest BCUT2D eigenvalue weighted by molar-refractivity contribution is 0.102. The summed E-state index contributed by atoms with van der Waals surface area (Å²) in [6, 6.07) is 11.7. The van der Waals surface area contributed by atoms with Gasteiger partial charge in [-0.05, 0) is 49.4 Å². The molecular weight excluding hydrogens is 539 g/mol. The second-order valence-electron chi connectivity index (χ2n) is 6.97. The van der Waals surface area contributed by atoms with E-state index in [1.807, 2.05) is 6.92 Å². The fourth-order valence-electron chi connectivity index (χ4n) is 3.05. The van der Waals surface area contributed by atoms with E-state index in [4.69, 9.17) is 49.0 Å². The Bertz CT molecular complexity index is 1350. The van der Waals surface area contributed by atoms with Crippen molar-refractivity contribution < 1.29 is 27.4 Å². The van der Waals surface area contributed by atoms with Crippen molar-refractivity contribution in [1.82, 2.24) is 0 Å². The average molecular weight is 560 g/mol. The van der Waals surface area contributed by atoms with Crippen molar-refractivity contribution in [3.05, 3.63) is 69.2 Å². The molecule has 0 saturated carbocycles. The van der Waals surface area contributed by atoms with Crippen LogP contribution in [0.25, 0.3) is 0 Å². The summed E-state index contributed by atoms with van der Waals surface area (Å²) in [6.45, 7) is 2.37. The van der Waals surface area contributed by atoms with Crippen LogP contribution in [0.2, 0.25) is 15.1 Å². The minimum Gasteiger partial charge on any atom is -0.495 e. The number of ether oxygens (including phenoxy) is 3. The first-order chi connectivity index (χ1) is 16.6. The zero-order valence-electron chi connectivity index (χ0n) is 18.8. The Labute approximate surface area is 218 Å². The lowest BCUT2D eigenvalue weighted by Gasteiger charge is -2.16. The Morgan fingerprint density at radius 2 is 1.54 bits per heavy atom. The van der Waals surface area contributed by atoms with Crippen LogP contribution in [0.1, 0.15) is 17.3 Å². The summed E-state index contributed by atoms with van der Waals surface area (Å²) >= 11 is 18.5. The number of carbonyl (C=O) groups is 1. The van der Waals surface area contributed by atoms with Crippen LogP contribution in [-0.2, 0) is 10.0 Å². The molecule has 2 N–H and O–H groups in total. The van der Waals surface area contributed by atoms with Gasteiger partial charge < -0.3 is 19.5 Å². The molecule has 1 amide bonds. The number of anilines is 2. The normalized spacial score (nSPS) is 11.0. The fourth-order valence-corrected chi connectivity index (χ4v) is 5.21. The summed E-state index contributed by atoms with van der Waals surface area (Å²) in [7, 11) is -1.51. The predicted molar refractivity (Wildman–Crippen MR) is 137 cm³/mol. The second-order valence-corrected chi connectivity index (χ2v) is 9.84. The van der Waals surface area contributed by atoms with E-state index in [-0.39, 0.29) is 37.0 Å². The predicted octanol–water partition coefficient (Wildman–Crippen LogP) is 6.12. The fraction of sp³-hybridized carbons (Fsp3) is 0.174. The molecule has 0 atom stereocenters. The van der Waals surface area contributed by atoms with Crippen LogP contribution in [0, 0.1) is 0 Å². The highest BCUT2D eigenvalue weighted by molar-refractivity contribution is 7.92. The van der Waals surface area contributed by atoms with Gasteiger partial charge in [0.2, 0.25) is 0 Å². The molecule has 0 aliphatic heterocycles. The molecule has 0 unspecified atom stereocenters. The van der Waals surface area contributed by atoms with Gasteiger partial charge in [-0.1, -0.05) is 34.8 Å². The largest absolute Gasteiger partial charge is 0.495 e. The zero-order valence-corrected chi connectivity index (χ0v) is 21.9. The highest BCUT2D eigenvalue weighted by atomic mass is 35.5. The molecule has 0 spiro atoms. The number of methoxy groups -OCH3 is 2. The van der Waals surface area contributed by atoms with Gasteiger partial charge in [-0.2, -0.15) is 0 Å². The van der Waals surface area contributed by atoms with Crippen molar-refractivity contribution in [2.24, 2.45) is 0 Å². The number of rotatable bonds is 9. The Balaban J connectivity index is 1.93. The Morgan fingerprint density at radius 3 is 2.14 bits per heavy atom. The molecular formula is C23H21Cl3N2O6S. The summed E-state index contributed by atoms with van der Waals surface area (Å²) in [6.07, 6.45) is 0. The van der Waals surface area contributed by atoms with Gasteiger partial charge >= 0.3 is 0 Å². The molecule has 0 heterocycles. The topological polar surface area (TPSA) is 103 Å². The van der Waals surface area contributed by atoms with Crippen LogP contribution in [0.15, 0.2) is 53.4 Å². The van der Waals surface area contributed by atoms with Crippen LogP contribution in [0.3, 0.4) is 0 Å². The number of benzene rings is 3. The third-order valence-corrected chi connectivity index (χ3v) is 7.14. The van der Waals surface area contributed by atoms with E-state index < -0.39 is 15.9 Å². The second kappa shape index (κ2) is 11.3. The number of carbonyl (C=O) groups excluding carboxylic acids is 1. The van der Waals surface area contributed by atoms with E-state index >= 15 is 0 Å². The van der Waals surface area contributed by atoms with Gasteiger partial charge in [0.25, 0.3) is 15.9 Å². The Morgan fingerprint density at radius 1 is 0.886 bits per heavy atom. The molecule has 3 aromatic carbocycles. The van der Waals surface area contributed by atoms with Crippen LogP contribution in [-0.4, -0.2) is 35.2 Å². The molecule has 0 radical (unpaired) electrons. The van der Waals surface area contributed by atoms with Gasteiger partial charge in [-0.3, -0.25) is 9.52 Å². The van der Waals surface area contributed by atoms with Crippen LogP contribution in [0.5, 0.6) is 17.2 Å². The lowest BCUT2D eigenvalue weighted by Crippen LogP contribution is -2.17. The quantitative estimate of drug-likeness (QED) is 0.328. The standard InChI is InChI=1S/C23H21Cl3N2O6S/c1-4-34-14-7-5-13(6-8-14)27-23(29)15-9-22(18(26)10-16(15)24)35(30,31)28-19-11-17(25)20(32-2)12-21(19)33-3/h5-12,28H,4H2,1-3H3,(H,27,29). The first-order valence-electron chi connectivity index (χ1n) is 10.1. The molecule has 35 heavy (non-hydrogen) atoms. The van der Waals surface area contributed by atoms with Gasteiger partial charge in [0, 0.05) is 11.8 Å². The summed E-state index contributed by atoms with van der Waals surface area (Å²) in [5.74, 6) is 0.471. The molecule has 0 aromatic heterocycles. The van der Waals surface area contributed by atoms with Crippen LogP contribution < -0.4 is 24.2 Å². The number of nitrogens with one attached hydrogen (secondary N) is 2. The maximum absolute atomic E-state index is 13.2. The number of amides is 1. The van der Waals surface area contributed by atoms with E-state index in [0.29, 0.717) is 23.8 Å². The highest BCUT2D eigenvalue weighted by Crippen LogP contribution is 2.38. The van der Waals surface area contributed by atoms with Crippen molar-refractivity contribution in [3.8, 4) is 17.2 Å². The molecule has 0 aliphatic rings. The van der Waals surface area contributed by atoms with E-state index in [9.17, 15) is 13.2 Å². The molecule has 3 rings (SSSR count). The average Bonchev–Trinajstić information content (AvgIpc) is 2.80. The zero-order chi connectivity index (χ0) is 25.8. The Hall–Kier alpha value is -2.85. The minimum absolute atomic E-state index is 0.0255. The van der Waals surface area contributed by atoms with Gasteiger partial charge in [0.1, 0.15) is 22.1 Å². The third-order valence-electron chi connectivity index (χ3n) is 4.70. The molecule has 3 aromatic rings. The number of sulfonamides is 1. The highest BCUT2D eigenvalue weighted by Gasteiger charge is 2.25. The van der Waals surface area contributed by atoms with Crippen molar-refractivity contribution in [1.29, 1.82) is 0 Å². The molecule has 0 aliphatic carbocycles. The van der Waals surface area contributed by atoms with Gasteiger partial charge in [-0.25, -0.2) is 8.42 Å². The van der Waals surface area contributed by atoms with Crippen LogP contribution >= 0.6 is 34.8 Å². The van der Waals surface area contributed by atoms with Crippen molar-refractivity contribution in [2.75, 3.05) is 30.9 Å². The maximum atomic E-state index is 13.2. The number of hydrogen-bond donors (Lipinski definition) is 2. The minimum atomic E-state index is -4.29. The van der Waals surface area contributed by atoms with E-state index in [1.54, 1.807) is 24.3 Å². The van der Waals surface area contributed by atoms with E-state index in [2.05, 4.69) is 10.0 Å². The van der Waals surface area contributed by atoms with Gasteiger partial charge in [0.15, 0.2) is 0 Å². The molecule has 12 heteroatoms. The molecule has 186 valence electrons. The molecule has 8 nitrogen and oxygen atoms in total. The van der Waals surface area contributed by atoms with E-state index in [0.717, 1.165) is 6.07 Å². The SMILES string of the molecule is CCOc1ccc(NC(=O)c2cc(S(=O)(=O)Nc3cc(Cl)c(OC)cc3OC)c(Cl)cc2Cl)cc1. The van der Waals surface area contributed by atoms with E-state index in [1.165, 1.54) is 32.4 Å². The third kappa shape index (κ3) is 6.24. The summed E-state index contributed by atoms with van der Waals surface area (Å²) in [4.78, 5) is 12.5. The van der Waals surface area contributed by atoms with Crippen molar-refractivity contribution in [2.45, 2.75) is 11.8 Å². The number of hydrogen-bond acceptors (Lipinski definition) is 6. The van der Waals surface area contributed by atoms with Crippen LogP contribution in [0.4, 0.5) is 11.4 Å². The molecule has 0 bridgehead atoms. The Kier molecular flexibility index (Phi) is 8.60. The molecule has 0 fully saturated rings. The summed E-state index contributed by atoms with van der Waals surface area (Å²) in [5.41, 5.74) is 0.416. The van der Waals surface area contributed by atoms with Crippen molar-refractivity contribution >= 4 is 62.1 Å². The lowest BCUT2D eigenvalue weighted by atomic mass is 10.2. The monoisotopic (exact) mass is 558 g/mol. The first kappa shape index (κ1) is 26.7. The first-order valence-corrected chi connectivity index (χ1v) is 12.7. The molecule has 0 saturated heterocycles. The van der Waals surface area contributed by atoms with Gasteiger partial charge in [-0.15, -0.1) is 0 Å².